The van der Waals surface area contributed by atoms with Crippen molar-refractivity contribution in [1.29, 1.82) is 0 Å². The minimum absolute atomic E-state index is 0.0909. The Kier molecular flexibility index (Phi) is 3.19. The number of nitrogens with one attached hydrogen (secondary N) is 2. The minimum Gasteiger partial charge on any atom is -0.379 e. The fourth-order valence-corrected chi connectivity index (χ4v) is 2.43. The van der Waals surface area contributed by atoms with E-state index in [0.29, 0.717) is 12.8 Å². The number of carbonyl (C=O) groups is 1. The van der Waals surface area contributed by atoms with Crippen LogP contribution in [0.2, 0.25) is 0 Å². The Hall–Kier alpha value is -1.91. The highest BCUT2D eigenvalue weighted by atomic mass is 16.3. The van der Waals surface area contributed by atoms with Crippen molar-refractivity contribution in [3.05, 3.63) is 42.5 Å². The average Bonchev–Trinajstić information content (AvgIpc) is 2.85. The van der Waals surface area contributed by atoms with Crippen LogP contribution in [0.5, 0.6) is 0 Å². The molecule has 1 aliphatic rings. The number of benzene rings is 2. The number of rotatable bonds is 2. The van der Waals surface area contributed by atoms with Crippen LogP contribution in [0.4, 0.5) is 5.69 Å². The van der Waals surface area contributed by atoms with Gasteiger partial charge in [0.25, 0.3) is 0 Å². The summed E-state index contributed by atoms with van der Waals surface area (Å²) < 4.78 is 0. The lowest BCUT2D eigenvalue weighted by molar-refractivity contribution is -0.118. The predicted octanol–water partition coefficient (Wildman–Crippen LogP) is 1.85. The maximum atomic E-state index is 12.0. The van der Waals surface area contributed by atoms with Gasteiger partial charge in [-0.25, -0.2) is 0 Å². The highest BCUT2D eigenvalue weighted by Gasteiger charge is 2.27. The molecule has 4 nitrogen and oxygen atoms in total. The molecule has 2 atom stereocenters. The van der Waals surface area contributed by atoms with Crippen molar-refractivity contribution in [3.8, 4) is 0 Å². The second-order valence-corrected chi connectivity index (χ2v) is 4.86. The molecule has 19 heavy (non-hydrogen) atoms. The van der Waals surface area contributed by atoms with Crippen molar-refractivity contribution in [2.75, 3.05) is 5.32 Å². The van der Waals surface area contributed by atoms with E-state index < -0.39 is 6.23 Å². The molecule has 4 heteroatoms. The average molecular weight is 256 g/mol. The van der Waals surface area contributed by atoms with Crippen molar-refractivity contribution in [2.45, 2.75) is 25.1 Å². The standard InChI is InChI=1S/C15H16N2O2/c18-14-8-7-13(17-14)15(19)16-12-6-5-10-3-1-2-4-11(10)9-12/h1-6,9,13-14,17-18H,7-8H2,(H,16,19). The lowest BCUT2D eigenvalue weighted by Crippen LogP contribution is -2.38. The number of carbonyl (C=O) groups excluding carboxylic acids is 1. The zero-order valence-electron chi connectivity index (χ0n) is 10.5. The van der Waals surface area contributed by atoms with E-state index in [4.69, 9.17) is 0 Å². The Morgan fingerprint density at radius 1 is 1.16 bits per heavy atom. The molecular formula is C15H16N2O2. The molecule has 0 saturated carbocycles. The van der Waals surface area contributed by atoms with E-state index >= 15 is 0 Å². The van der Waals surface area contributed by atoms with Crippen LogP contribution in [-0.2, 0) is 4.79 Å². The summed E-state index contributed by atoms with van der Waals surface area (Å²) in [6.45, 7) is 0. The number of anilines is 1. The van der Waals surface area contributed by atoms with Gasteiger partial charge in [0, 0.05) is 5.69 Å². The van der Waals surface area contributed by atoms with E-state index in [1.807, 2.05) is 42.5 Å². The first kappa shape index (κ1) is 12.1. The second kappa shape index (κ2) is 4.99. The molecule has 1 heterocycles. The van der Waals surface area contributed by atoms with E-state index in [9.17, 15) is 9.90 Å². The monoisotopic (exact) mass is 256 g/mol. The van der Waals surface area contributed by atoms with E-state index in [0.717, 1.165) is 16.5 Å². The number of hydrogen-bond acceptors (Lipinski definition) is 3. The van der Waals surface area contributed by atoms with Gasteiger partial charge in [-0.2, -0.15) is 0 Å². The molecule has 2 aromatic carbocycles. The van der Waals surface area contributed by atoms with Crippen molar-refractivity contribution in [2.24, 2.45) is 0 Å². The molecule has 1 saturated heterocycles. The lowest BCUT2D eigenvalue weighted by atomic mass is 10.1. The fraction of sp³-hybridized carbons (Fsp3) is 0.267. The highest BCUT2D eigenvalue weighted by molar-refractivity contribution is 5.97. The zero-order chi connectivity index (χ0) is 13.2. The maximum absolute atomic E-state index is 12.0. The summed E-state index contributed by atoms with van der Waals surface area (Å²) in [5, 5.41) is 17.3. The molecule has 0 aliphatic carbocycles. The summed E-state index contributed by atoms with van der Waals surface area (Å²) in [7, 11) is 0. The number of fused-ring (bicyclic) bond motifs is 1. The lowest BCUT2D eigenvalue weighted by Gasteiger charge is -2.12. The number of hydrogen-bond donors (Lipinski definition) is 3. The summed E-state index contributed by atoms with van der Waals surface area (Å²) in [5.74, 6) is -0.0909. The zero-order valence-corrected chi connectivity index (χ0v) is 10.5. The Bertz CT molecular complexity index is 612. The highest BCUT2D eigenvalue weighted by Crippen LogP contribution is 2.20. The minimum atomic E-state index is -0.563. The molecule has 2 unspecified atom stereocenters. The fourth-order valence-electron chi connectivity index (χ4n) is 2.43. The van der Waals surface area contributed by atoms with E-state index in [-0.39, 0.29) is 11.9 Å². The quantitative estimate of drug-likeness (QED) is 0.768. The number of aliphatic hydroxyl groups is 1. The Labute approximate surface area is 111 Å². The molecule has 3 rings (SSSR count). The third kappa shape index (κ3) is 2.59. The molecule has 98 valence electrons. The van der Waals surface area contributed by atoms with E-state index in [1.54, 1.807) is 0 Å². The molecule has 0 radical (unpaired) electrons. The van der Waals surface area contributed by atoms with Gasteiger partial charge in [-0.3, -0.25) is 10.1 Å². The van der Waals surface area contributed by atoms with Crippen molar-refractivity contribution in [3.63, 3.8) is 0 Å². The van der Waals surface area contributed by atoms with Gasteiger partial charge >= 0.3 is 0 Å². The van der Waals surface area contributed by atoms with E-state index in [1.165, 1.54) is 0 Å². The van der Waals surface area contributed by atoms with Gasteiger partial charge in [-0.05, 0) is 35.7 Å². The molecule has 1 aliphatic heterocycles. The molecule has 0 aromatic heterocycles. The van der Waals surface area contributed by atoms with Gasteiger partial charge in [0.15, 0.2) is 0 Å². The van der Waals surface area contributed by atoms with E-state index in [2.05, 4.69) is 10.6 Å². The first-order chi connectivity index (χ1) is 9.22. The van der Waals surface area contributed by atoms with Gasteiger partial charge < -0.3 is 10.4 Å². The summed E-state index contributed by atoms with van der Waals surface area (Å²) >= 11 is 0. The van der Waals surface area contributed by atoms with Gasteiger partial charge in [-0.15, -0.1) is 0 Å². The predicted molar refractivity (Wildman–Crippen MR) is 74.7 cm³/mol. The first-order valence-electron chi connectivity index (χ1n) is 6.46. The summed E-state index contributed by atoms with van der Waals surface area (Å²) in [5.41, 5.74) is 0.784. The first-order valence-corrected chi connectivity index (χ1v) is 6.46. The Morgan fingerprint density at radius 2 is 1.95 bits per heavy atom. The van der Waals surface area contributed by atoms with Crippen LogP contribution < -0.4 is 10.6 Å². The maximum Gasteiger partial charge on any atom is 0.241 e. The van der Waals surface area contributed by atoms with Gasteiger partial charge in [-0.1, -0.05) is 30.3 Å². The van der Waals surface area contributed by atoms with Crippen LogP contribution in [0.3, 0.4) is 0 Å². The SMILES string of the molecule is O=C(Nc1ccc2ccccc2c1)C1CCC(O)N1. The van der Waals surface area contributed by atoms with Crippen molar-refractivity contribution < 1.29 is 9.90 Å². The third-order valence-electron chi connectivity index (χ3n) is 3.46. The summed E-state index contributed by atoms with van der Waals surface area (Å²) in [6, 6.07) is 13.6. The molecule has 3 N–H and O–H groups in total. The second-order valence-electron chi connectivity index (χ2n) is 4.86. The topological polar surface area (TPSA) is 61.4 Å². The number of amides is 1. The third-order valence-corrected chi connectivity index (χ3v) is 3.46. The largest absolute Gasteiger partial charge is 0.379 e. The Morgan fingerprint density at radius 3 is 2.68 bits per heavy atom. The molecule has 1 fully saturated rings. The Balaban J connectivity index is 1.76. The van der Waals surface area contributed by atoms with Crippen LogP contribution in [0, 0.1) is 0 Å². The van der Waals surface area contributed by atoms with Crippen LogP contribution >= 0.6 is 0 Å². The van der Waals surface area contributed by atoms with Crippen LogP contribution in [0.25, 0.3) is 10.8 Å². The summed E-state index contributed by atoms with van der Waals surface area (Å²) in [4.78, 5) is 12.0. The molecular weight excluding hydrogens is 240 g/mol. The van der Waals surface area contributed by atoms with Crippen LogP contribution in [0.1, 0.15) is 12.8 Å². The van der Waals surface area contributed by atoms with Gasteiger partial charge in [0.2, 0.25) is 5.91 Å². The summed E-state index contributed by atoms with van der Waals surface area (Å²) in [6.07, 6.45) is 0.725. The molecule has 0 bridgehead atoms. The van der Waals surface area contributed by atoms with Crippen LogP contribution in [0.15, 0.2) is 42.5 Å². The molecule has 2 aromatic rings. The van der Waals surface area contributed by atoms with Gasteiger partial charge in [0.05, 0.1) is 6.04 Å². The molecule has 0 spiro atoms. The smallest absolute Gasteiger partial charge is 0.241 e. The normalized spacial score (nSPS) is 22.6. The molecule has 1 amide bonds. The van der Waals surface area contributed by atoms with Gasteiger partial charge in [0.1, 0.15) is 6.23 Å². The van der Waals surface area contributed by atoms with Crippen molar-refractivity contribution >= 4 is 22.4 Å². The number of aliphatic hydroxyl groups excluding tert-OH is 1. The van der Waals surface area contributed by atoms with Crippen LogP contribution in [-0.4, -0.2) is 23.3 Å². The van der Waals surface area contributed by atoms with Crippen molar-refractivity contribution in [1.82, 2.24) is 5.32 Å².